The number of ether oxygens (including phenoxy) is 1. The van der Waals surface area contributed by atoms with Crippen LogP contribution in [0.5, 0.6) is 17.2 Å². The largest absolute Gasteiger partial charge is 0.508 e. The average Bonchev–Trinajstić information content (AvgIpc) is 2.99. The summed E-state index contributed by atoms with van der Waals surface area (Å²) in [6, 6.07) is 27.7. The van der Waals surface area contributed by atoms with Crippen molar-refractivity contribution in [1.29, 1.82) is 0 Å². The van der Waals surface area contributed by atoms with Gasteiger partial charge in [0.2, 0.25) is 0 Å². The van der Waals surface area contributed by atoms with Crippen molar-refractivity contribution in [3.8, 4) is 17.2 Å². The maximum atomic E-state index is 10.5. The van der Waals surface area contributed by atoms with Gasteiger partial charge in [-0.2, -0.15) is 8.42 Å². The lowest BCUT2D eigenvalue weighted by Gasteiger charge is -2.30. The number of aromatic hydroxyl groups is 2. The summed E-state index contributed by atoms with van der Waals surface area (Å²) in [5.41, 5.74) is 5.29. The number of rotatable bonds is 3. The maximum Gasteiger partial charge on any atom is 0.294 e. The Morgan fingerprint density at radius 1 is 0.814 bits per heavy atom. The maximum absolute atomic E-state index is 10.5. The lowest BCUT2D eigenvalue weighted by molar-refractivity contribution is 0.255. The molecule has 0 amide bonds. The summed E-state index contributed by atoms with van der Waals surface area (Å²) in [7, 11) is -4.02. The zero-order chi connectivity index (χ0) is 31.0. The first kappa shape index (κ1) is 31.4. The molecule has 3 N–H and O–H groups in total. The number of nitrogens with zero attached hydrogens (tertiary/aromatic N) is 2. The first-order chi connectivity index (χ1) is 20.5. The molecular formula is C33H29BrN2O6S. The zero-order valence-corrected chi connectivity index (χ0v) is 25.7. The van der Waals surface area contributed by atoms with Crippen LogP contribution in [0.3, 0.4) is 0 Å². The molecule has 0 aliphatic carbocycles. The minimum Gasteiger partial charge on any atom is -0.508 e. The Hall–Kier alpha value is -4.51. The molecule has 0 bridgehead atoms. The van der Waals surface area contributed by atoms with Crippen molar-refractivity contribution in [2.45, 2.75) is 24.8 Å². The highest BCUT2D eigenvalue weighted by Crippen LogP contribution is 2.47. The van der Waals surface area contributed by atoms with Crippen LogP contribution in [0, 0.1) is 6.92 Å². The van der Waals surface area contributed by atoms with Crippen molar-refractivity contribution in [2.75, 3.05) is 0 Å². The lowest BCUT2D eigenvalue weighted by atomic mass is 9.87. The molecule has 220 valence electrons. The Labute approximate surface area is 258 Å². The number of fused-ring (bicyclic) bond motifs is 1. The number of benzene rings is 3. The Bertz CT molecular complexity index is 1780. The van der Waals surface area contributed by atoms with Gasteiger partial charge in [-0.3, -0.25) is 14.5 Å². The molecule has 10 heteroatoms. The molecular weight excluding hydrogens is 632 g/mol. The van der Waals surface area contributed by atoms with E-state index in [9.17, 15) is 18.6 Å². The Kier molecular flexibility index (Phi) is 10.3. The molecule has 1 atom stereocenters. The van der Waals surface area contributed by atoms with Crippen LogP contribution < -0.4 is 4.74 Å². The predicted molar refractivity (Wildman–Crippen MR) is 169 cm³/mol. The standard InChI is InChI=1S/C21H16BrNO3.C7H8O3S.C5H5N/c1-12-17-10-16(25)6-8-19(17)26-21(18-7-5-14(22)11-23-18)20(12)13-3-2-4-15(24)9-13;1-6-2-4-7(5-3-6)11(8,9)10;1-2-4-6-5-3-1/h2-11,21,24-25H,1H3;2-5H,1H3,(H,8,9,10);1-5H. The SMILES string of the molecule is CC1=C(c2cccc(O)c2)C(c2ccc(Br)cn2)Oc2ccc(O)cc21.Cc1ccc(S(=O)(=O)O)cc1.c1ccncc1. The average molecular weight is 662 g/mol. The summed E-state index contributed by atoms with van der Waals surface area (Å²) in [5, 5.41) is 19.8. The van der Waals surface area contributed by atoms with Crippen molar-refractivity contribution in [1.82, 2.24) is 9.97 Å². The highest BCUT2D eigenvalue weighted by molar-refractivity contribution is 9.10. The van der Waals surface area contributed by atoms with Crippen molar-refractivity contribution < 1.29 is 27.9 Å². The second-order valence-electron chi connectivity index (χ2n) is 9.48. The molecule has 1 aliphatic heterocycles. The van der Waals surface area contributed by atoms with E-state index in [0.29, 0.717) is 5.75 Å². The van der Waals surface area contributed by atoms with E-state index in [4.69, 9.17) is 9.29 Å². The number of hydrogen-bond donors (Lipinski definition) is 3. The van der Waals surface area contributed by atoms with E-state index in [0.717, 1.165) is 38.0 Å². The van der Waals surface area contributed by atoms with E-state index >= 15 is 0 Å². The number of phenols is 2. The Morgan fingerprint density at radius 3 is 2.07 bits per heavy atom. The summed E-state index contributed by atoms with van der Waals surface area (Å²) in [6.07, 6.45) is 4.82. The fraction of sp³-hybridized carbons (Fsp3) is 0.0909. The first-order valence-electron chi connectivity index (χ1n) is 13.0. The van der Waals surface area contributed by atoms with Gasteiger partial charge in [0.15, 0.2) is 6.10 Å². The van der Waals surface area contributed by atoms with Crippen LogP contribution in [0.2, 0.25) is 0 Å². The molecule has 43 heavy (non-hydrogen) atoms. The number of pyridine rings is 2. The highest BCUT2D eigenvalue weighted by Gasteiger charge is 2.30. The van der Waals surface area contributed by atoms with E-state index < -0.39 is 16.2 Å². The van der Waals surface area contributed by atoms with E-state index in [1.54, 1.807) is 67.1 Å². The molecule has 2 aromatic heterocycles. The van der Waals surface area contributed by atoms with Crippen molar-refractivity contribution in [2.24, 2.45) is 0 Å². The van der Waals surface area contributed by atoms with Crippen LogP contribution >= 0.6 is 15.9 Å². The third kappa shape index (κ3) is 8.51. The normalized spacial score (nSPS) is 13.8. The van der Waals surface area contributed by atoms with Crippen molar-refractivity contribution in [3.05, 3.63) is 143 Å². The number of halogens is 1. The van der Waals surface area contributed by atoms with Crippen LogP contribution in [0.25, 0.3) is 11.1 Å². The van der Waals surface area contributed by atoms with Gasteiger partial charge in [0.05, 0.1) is 10.6 Å². The zero-order valence-electron chi connectivity index (χ0n) is 23.3. The van der Waals surface area contributed by atoms with E-state index in [-0.39, 0.29) is 16.4 Å². The molecule has 1 unspecified atom stereocenters. The molecule has 3 heterocycles. The van der Waals surface area contributed by atoms with Crippen LogP contribution in [0.1, 0.15) is 35.4 Å². The molecule has 6 rings (SSSR count). The van der Waals surface area contributed by atoms with E-state index in [2.05, 4.69) is 25.9 Å². The molecule has 0 spiro atoms. The van der Waals surface area contributed by atoms with Gasteiger partial charge in [0.25, 0.3) is 10.1 Å². The van der Waals surface area contributed by atoms with E-state index in [1.807, 2.05) is 50.2 Å². The number of aromatic nitrogens is 2. The molecule has 0 fully saturated rings. The third-order valence-corrected chi connectivity index (χ3v) is 7.68. The summed E-state index contributed by atoms with van der Waals surface area (Å²) in [4.78, 5) is 8.23. The molecule has 1 aliphatic rings. The summed E-state index contributed by atoms with van der Waals surface area (Å²) in [5.74, 6) is 1.06. The quantitative estimate of drug-likeness (QED) is 0.168. The van der Waals surface area contributed by atoms with Gasteiger partial charge in [-0.05, 0) is 108 Å². The third-order valence-electron chi connectivity index (χ3n) is 6.34. The molecule has 3 aromatic carbocycles. The number of allylic oxidation sites excluding steroid dienone is 1. The molecule has 0 saturated heterocycles. The Morgan fingerprint density at radius 2 is 1.51 bits per heavy atom. The van der Waals surface area contributed by atoms with Gasteiger partial charge in [-0.15, -0.1) is 0 Å². The summed E-state index contributed by atoms with van der Waals surface area (Å²) < 4.78 is 36.7. The smallest absolute Gasteiger partial charge is 0.294 e. The van der Waals surface area contributed by atoms with Crippen LogP contribution in [-0.2, 0) is 10.1 Å². The van der Waals surface area contributed by atoms with Gasteiger partial charge in [-0.1, -0.05) is 35.9 Å². The van der Waals surface area contributed by atoms with Crippen molar-refractivity contribution in [3.63, 3.8) is 0 Å². The van der Waals surface area contributed by atoms with Gasteiger partial charge in [0, 0.05) is 34.2 Å². The summed E-state index contributed by atoms with van der Waals surface area (Å²) in [6.45, 7) is 3.83. The minimum absolute atomic E-state index is 0.0666. The predicted octanol–water partition coefficient (Wildman–Crippen LogP) is 7.64. The molecule has 0 radical (unpaired) electrons. The van der Waals surface area contributed by atoms with Crippen LogP contribution in [-0.4, -0.2) is 33.2 Å². The first-order valence-corrected chi connectivity index (χ1v) is 15.3. The monoisotopic (exact) mass is 660 g/mol. The van der Waals surface area contributed by atoms with Crippen LogP contribution in [0.4, 0.5) is 0 Å². The van der Waals surface area contributed by atoms with Crippen LogP contribution in [0.15, 0.2) is 125 Å². The highest BCUT2D eigenvalue weighted by atomic mass is 79.9. The molecule has 5 aromatic rings. The molecule has 0 saturated carbocycles. The van der Waals surface area contributed by atoms with E-state index in [1.165, 1.54) is 12.1 Å². The van der Waals surface area contributed by atoms with Crippen molar-refractivity contribution >= 4 is 37.2 Å². The second-order valence-corrected chi connectivity index (χ2v) is 11.8. The fourth-order valence-corrected chi connectivity index (χ4v) is 4.97. The number of aryl methyl sites for hydroxylation is 1. The topological polar surface area (TPSA) is 130 Å². The van der Waals surface area contributed by atoms with Gasteiger partial charge < -0.3 is 14.9 Å². The number of hydrogen-bond acceptors (Lipinski definition) is 7. The number of phenolic OH excluding ortho intramolecular Hbond substituents is 2. The summed E-state index contributed by atoms with van der Waals surface area (Å²) >= 11 is 3.41. The second kappa shape index (κ2) is 14.1. The van der Waals surface area contributed by atoms with Gasteiger partial charge in [-0.25, -0.2) is 0 Å². The van der Waals surface area contributed by atoms with Gasteiger partial charge in [0.1, 0.15) is 17.2 Å². The lowest BCUT2D eigenvalue weighted by Crippen LogP contribution is -2.17. The Balaban J connectivity index is 0.000000203. The minimum atomic E-state index is -4.02. The fourth-order valence-electron chi connectivity index (χ4n) is 4.26. The van der Waals surface area contributed by atoms with Gasteiger partial charge >= 0.3 is 0 Å². The molecule has 8 nitrogen and oxygen atoms in total.